The third-order valence-corrected chi connectivity index (χ3v) is 2.61. The molecule has 0 aliphatic heterocycles. The summed E-state index contributed by atoms with van der Waals surface area (Å²) >= 11 is 0. The number of nitrogens with two attached hydrogens (primary N) is 1. The Kier molecular flexibility index (Phi) is 8.90. The SMILES string of the molecule is COC(CN)CCN(CC(C)C)CC(C)C. The number of rotatable bonds is 9. The molecule has 98 valence electrons. The summed E-state index contributed by atoms with van der Waals surface area (Å²) in [6.07, 6.45) is 1.24. The Hall–Kier alpha value is -0.120. The van der Waals surface area contributed by atoms with E-state index in [4.69, 9.17) is 10.5 Å². The first-order valence-corrected chi connectivity index (χ1v) is 6.44. The molecular formula is C13H30N2O. The maximum Gasteiger partial charge on any atom is 0.0705 e. The third kappa shape index (κ3) is 8.08. The molecule has 16 heavy (non-hydrogen) atoms. The van der Waals surface area contributed by atoms with Crippen molar-refractivity contribution in [1.82, 2.24) is 4.90 Å². The highest BCUT2D eigenvalue weighted by Crippen LogP contribution is 2.06. The average Bonchev–Trinajstić information content (AvgIpc) is 2.17. The summed E-state index contributed by atoms with van der Waals surface area (Å²) < 4.78 is 5.31. The highest BCUT2D eigenvalue weighted by Gasteiger charge is 2.12. The average molecular weight is 230 g/mol. The van der Waals surface area contributed by atoms with Crippen LogP contribution in [0.5, 0.6) is 0 Å². The summed E-state index contributed by atoms with van der Waals surface area (Å²) in [5.74, 6) is 1.44. The summed E-state index contributed by atoms with van der Waals surface area (Å²) in [5.41, 5.74) is 5.63. The van der Waals surface area contributed by atoms with Crippen LogP contribution in [0.1, 0.15) is 34.1 Å². The van der Waals surface area contributed by atoms with Crippen LogP contribution in [-0.2, 0) is 4.74 Å². The molecule has 0 aromatic carbocycles. The fourth-order valence-corrected chi connectivity index (χ4v) is 1.95. The highest BCUT2D eigenvalue weighted by molar-refractivity contribution is 4.66. The summed E-state index contributed by atoms with van der Waals surface area (Å²) in [6, 6.07) is 0. The van der Waals surface area contributed by atoms with Gasteiger partial charge in [-0.2, -0.15) is 0 Å². The van der Waals surface area contributed by atoms with Crippen molar-refractivity contribution in [2.24, 2.45) is 17.6 Å². The van der Waals surface area contributed by atoms with Crippen molar-refractivity contribution in [3.8, 4) is 0 Å². The number of methoxy groups -OCH3 is 1. The van der Waals surface area contributed by atoms with Crippen LogP contribution in [-0.4, -0.2) is 44.3 Å². The molecular weight excluding hydrogens is 200 g/mol. The van der Waals surface area contributed by atoms with Crippen LogP contribution in [0.25, 0.3) is 0 Å². The van der Waals surface area contributed by atoms with Gasteiger partial charge in [0.2, 0.25) is 0 Å². The zero-order valence-corrected chi connectivity index (χ0v) is 11.7. The van der Waals surface area contributed by atoms with Crippen molar-refractivity contribution < 1.29 is 4.74 Å². The van der Waals surface area contributed by atoms with E-state index in [1.54, 1.807) is 7.11 Å². The maximum absolute atomic E-state index is 5.63. The van der Waals surface area contributed by atoms with Gasteiger partial charge in [0.05, 0.1) is 6.10 Å². The second-order valence-electron chi connectivity index (χ2n) is 5.43. The van der Waals surface area contributed by atoms with Crippen molar-refractivity contribution in [2.75, 3.05) is 33.3 Å². The van der Waals surface area contributed by atoms with Crippen LogP contribution in [0, 0.1) is 11.8 Å². The first-order valence-electron chi connectivity index (χ1n) is 6.44. The molecule has 0 saturated carbocycles. The lowest BCUT2D eigenvalue weighted by atomic mass is 10.1. The van der Waals surface area contributed by atoms with Gasteiger partial charge in [-0.25, -0.2) is 0 Å². The second-order valence-corrected chi connectivity index (χ2v) is 5.43. The predicted octanol–water partition coefficient (Wildman–Crippen LogP) is 1.96. The summed E-state index contributed by atoms with van der Waals surface area (Å²) in [4.78, 5) is 2.52. The Morgan fingerprint density at radius 1 is 1.06 bits per heavy atom. The van der Waals surface area contributed by atoms with Gasteiger partial charge in [0.1, 0.15) is 0 Å². The lowest BCUT2D eigenvalue weighted by molar-refractivity contribution is 0.0854. The van der Waals surface area contributed by atoms with E-state index in [2.05, 4.69) is 32.6 Å². The summed E-state index contributed by atoms with van der Waals surface area (Å²) in [5, 5.41) is 0. The minimum Gasteiger partial charge on any atom is -0.380 e. The topological polar surface area (TPSA) is 38.5 Å². The predicted molar refractivity (Wildman–Crippen MR) is 70.6 cm³/mol. The van der Waals surface area contributed by atoms with Gasteiger partial charge in [0, 0.05) is 33.3 Å². The van der Waals surface area contributed by atoms with Gasteiger partial charge in [0.25, 0.3) is 0 Å². The van der Waals surface area contributed by atoms with Crippen molar-refractivity contribution in [3.63, 3.8) is 0 Å². The summed E-state index contributed by atoms with van der Waals surface area (Å²) in [7, 11) is 1.74. The molecule has 0 bridgehead atoms. The quantitative estimate of drug-likeness (QED) is 0.658. The van der Waals surface area contributed by atoms with Crippen LogP contribution < -0.4 is 5.73 Å². The zero-order valence-electron chi connectivity index (χ0n) is 11.7. The molecule has 0 spiro atoms. The molecule has 0 aliphatic rings. The van der Waals surface area contributed by atoms with E-state index in [0.29, 0.717) is 6.54 Å². The van der Waals surface area contributed by atoms with Gasteiger partial charge in [-0.15, -0.1) is 0 Å². The summed E-state index contributed by atoms with van der Waals surface area (Å²) in [6.45, 7) is 13.1. The molecule has 0 aromatic heterocycles. The monoisotopic (exact) mass is 230 g/mol. The fraction of sp³-hybridized carbons (Fsp3) is 1.00. The molecule has 1 atom stereocenters. The van der Waals surface area contributed by atoms with E-state index in [1.807, 2.05) is 0 Å². The number of hydrogen-bond acceptors (Lipinski definition) is 3. The van der Waals surface area contributed by atoms with E-state index >= 15 is 0 Å². The van der Waals surface area contributed by atoms with Gasteiger partial charge in [0.15, 0.2) is 0 Å². The standard InChI is InChI=1S/C13H30N2O/c1-11(2)9-15(10-12(3)4)7-6-13(8-14)16-5/h11-13H,6-10,14H2,1-5H3. The molecule has 1 unspecified atom stereocenters. The normalized spacial score (nSPS) is 14.1. The largest absolute Gasteiger partial charge is 0.380 e. The molecule has 3 heteroatoms. The smallest absolute Gasteiger partial charge is 0.0705 e. The minimum atomic E-state index is 0.210. The fourth-order valence-electron chi connectivity index (χ4n) is 1.95. The van der Waals surface area contributed by atoms with Crippen LogP contribution in [0.4, 0.5) is 0 Å². The van der Waals surface area contributed by atoms with E-state index < -0.39 is 0 Å². The molecule has 3 nitrogen and oxygen atoms in total. The van der Waals surface area contributed by atoms with E-state index in [1.165, 1.54) is 13.1 Å². The Morgan fingerprint density at radius 2 is 1.56 bits per heavy atom. The Labute approximate surface area is 101 Å². The molecule has 0 radical (unpaired) electrons. The van der Waals surface area contributed by atoms with Crippen LogP contribution >= 0.6 is 0 Å². The van der Waals surface area contributed by atoms with Crippen LogP contribution in [0.15, 0.2) is 0 Å². The van der Waals surface area contributed by atoms with Crippen molar-refractivity contribution >= 4 is 0 Å². The highest BCUT2D eigenvalue weighted by atomic mass is 16.5. The number of hydrogen-bond donors (Lipinski definition) is 1. The molecule has 0 heterocycles. The van der Waals surface area contributed by atoms with Gasteiger partial charge < -0.3 is 15.4 Å². The lowest BCUT2D eigenvalue weighted by Crippen LogP contribution is -2.35. The van der Waals surface area contributed by atoms with E-state index in [0.717, 1.165) is 24.8 Å². The molecule has 0 amide bonds. The molecule has 0 rings (SSSR count). The molecule has 0 aliphatic carbocycles. The van der Waals surface area contributed by atoms with Crippen LogP contribution in [0.3, 0.4) is 0 Å². The Morgan fingerprint density at radius 3 is 1.88 bits per heavy atom. The van der Waals surface area contributed by atoms with Gasteiger partial charge in [-0.3, -0.25) is 0 Å². The van der Waals surface area contributed by atoms with Gasteiger partial charge in [-0.1, -0.05) is 27.7 Å². The van der Waals surface area contributed by atoms with Gasteiger partial charge >= 0.3 is 0 Å². The molecule has 0 saturated heterocycles. The van der Waals surface area contributed by atoms with Crippen molar-refractivity contribution in [1.29, 1.82) is 0 Å². The Bertz CT molecular complexity index is 146. The van der Waals surface area contributed by atoms with Crippen LogP contribution in [0.2, 0.25) is 0 Å². The molecule has 0 aromatic rings. The van der Waals surface area contributed by atoms with Crippen molar-refractivity contribution in [2.45, 2.75) is 40.2 Å². The molecule has 2 N–H and O–H groups in total. The number of nitrogens with zero attached hydrogens (tertiary/aromatic N) is 1. The lowest BCUT2D eigenvalue weighted by Gasteiger charge is -2.27. The maximum atomic E-state index is 5.63. The van der Waals surface area contributed by atoms with Crippen molar-refractivity contribution in [3.05, 3.63) is 0 Å². The van der Waals surface area contributed by atoms with E-state index in [9.17, 15) is 0 Å². The number of ether oxygens (including phenoxy) is 1. The molecule has 0 fully saturated rings. The Balaban J connectivity index is 3.99. The minimum absolute atomic E-state index is 0.210. The first kappa shape index (κ1) is 15.9. The zero-order chi connectivity index (χ0) is 12.6. The first-order chi connectivity index (χ1) is 7.49. The third-order valence-electron chi connectivity index (χ3n) is 2.61. The van der Waals surface area contributed by atoms with Gasteiger partial charge in [-0.05, 0) is 18.3 Å². The second kappa shape index (κ2) is 8.97. The van der Waals surface area contributed by atoms with E-state index in [-0.39, 0.29) is 6.10 Å².